The van der Waals surface area contributed by atoms with Crippen LogP contribution in [0.2, 0.25) is 0 Å². The molecule has 0 aliphatic rings. The van der Waals surface area contributed by atoms with E-state index in [1.807, 2.05) is 6.07 Å². The first-order valence-electron chi connectivity index (χ1n) is 6.04. The predicted octanol–water partition coefficient (Wildman–Crippen LogP) is 2.92. The maximum atomic E-state index is 11.6. The summed E-state index contributed by atoms with van der Waals surface area (Å²) in [5.74, 6) is 0.0902. The predicted molar refractivity (Wildman–Crippen MR) is 73.3 cm³/mol. The number of ether oxygens (including phenoxy) is 2. The van der Waals surface area contributed by atoms with Crippen molar-refractivity contribution < 1.29 is 14.3 Å². The first-order valence-corrected chi connectivity index (χ1v) is 6.04. The van der Waals surface area contributed by atoms with Gasteiger partial charge in [0.05, 0.1) is 18.2 Å². The van der Waals surface area contributed by atoms with Crippen LogP contribution in [0.15, 0.2) is 48.5 Å². The van der Waals surface area contributed by atoms with E-state index in [1.54, 1.807) is 42.5 Å². The molecule has 2 rings (SSSR count). The standard InChI is InChI=1S/C16H13NO3/c1-19-16(18)14-8-4-2-7-13(14)11-20-15-9-5-3-6-12(15)10-17/h2-9H,11H2,1H3. The molecule has 0 spiro atoms. The second kappa shape index (κ2) is 6.39. The lowest BCUT2D eigenvalue weighted by Crippen LogP contribution is -2.08. The second-order valence-electron chi connectivity index (χ2n) is 4.05. The number of nitrogens with zero attached hydrogens (tertiary/aromatic N) is 1. The van der Waals surface area contributed by atoms with Gasteiger partial charge in [0.1, 0.15) is 18.4 Å². The molecule has 0 aliphatic heterocycles. The minimum Gasteiger partial charge on any atom is -0.487 e. The molecule has 2 aromatic carbocycles. The highest BCUT2D eigenvalue weighted by atomic mass is 16.5. The Bertz CT molecular complexity index is 659. The molecule has 2 aromatic rings. The fourth-order valence-corrected chi connectivity index (χ4v) is 1.80. The number of carbonyl (C=O) groups is 1. The van der Waals surface area contributed by atoms with Crippen molar-refractivity contribution in [3.05, 3.63) is 65.2 Å². The number of hydrogen-bond donors (Lipinski definition) is 0. The van der Waals surface area contributed by atoms with Crippen LogP contribution in [-0.4, -0.2) is 13.1 Å². The highest BCUT2D eigenvalue weighted by Crippen LogP contribution is 2.19. The summed E-state index contributed by atoms with van der Waals surface area (Å²) in [4.78, 5) is 11.6. The van der Waals surface area contributed by atoms with Crippen molar-refractivity contribution in [3.63, 3.8) is 0 Å². The Kier molecular flexibility index (Phi) is 4.35. The number of para-hydroxylation sites is 1. The van der Waals surface area contributed by atoms with Crippen molar-refractivity contribution in [2.24, 2.45) is 0 Å². The summed E-state index contributed by atoms with van der Waals surface area (Å²) in [5, 5.41) is 8.99. The molecule has 0 unspecified atom stereocenters. The van der Waals surface area contributed by atoms with Gasteiger partial charge >= 0.3 is 5.97 Å². The highest BCUT2D eigenvalue weighted by Gasteiger charge is 2.11. The maximum Gasteiger partial charge on any atom is 0.338 e. The molecule has 0 N–H and O–H groups in total. The number of benzene rings is 2. The number of methoxy groups -OCH3 is 1. The molecular formula is C16H13NO3. The first kappa shape index (κ1) is 13.6. The minimum absolute atomic E-state index is 0.198. The van der Waals surface area contributed by atoms with Gasteiger partial charge in [-0.1, -0.05) is 30.3 Å². The fourth-order valence-electron chi connectivity index (χ4n) is 1.80. The van der Waals surface area contributed by atoms with Crippen LogP contribution in [0.3, 0.4) is 0 Å². The van der Waals surface area contributed by atoms with Crippen molar-refractivity contribution >= 4 is 5.97 Å². The van der Waals surface area contributed by atoms with Gasteiger partial charge in [-0.3, -0.25) is 0 Å². The normalized spacial score (nSPS) is 9.60. The average molecular weight is 267 g/mol. The Balaban J connectivity index is 2.20. The Labute approximate surface area is 117 Å². The van der Waals surface area contributed by atoms with Gasteiger partial charge in [0.2, 0.25) is 0 Å². The van der Waals surface area contributed by atoms with Gasteiger partial charge in [0.15, 0.2) is 0 Å². The van der Waals surface area contributed by atoms with E-state index in [4.69, 9.17) is 14.7 Å². The van der Waals surface area contributed by atoms with Crippen LogP contribution in [0, 0.1) is 11.3 Å². The maximum absolute atomic E-state index is 11.6. The Morgan fingerprint density at radius 3 is 2.60 bits per heavy atom. The number of rotatable bonds is 4. The zero-order valence-corrected chi connectivity index (χ0v) is 11.0. The van der Waals surface area contributed by atoms with Crippen LogP contribution in [0.5, 0.6) is 5.75 Å². The average Bonchev–Trinajstić information content (AvgIpc) is 2.52. The van der Waals surface area contributed by atoms with E-state index in [1.165, 1.54) is 7.11 Å². The van der Waals surface area contributed by atoms with Gasteiger partial charge in [0.25, 0.3) is 0 Å². The minimum atomic E-state index is -0.405. The smallest absolute Gasteiger partial charge is 0.338 e. The Hall–Kier alpha value is -2.80. The van der Waals surface area contributed by atoms with E-state index in [0.717, 1.165) is 0 Å². The molecule has 0 heterocycles. The van der Waals surface area contributed by atoms with Gasteiger partial charge in [-0.25, -0.2) is 4.79 Å². The second-order valence-corrected chi connectivity index (χ2v) is 4.05. The summed E-state index contributed by atoms with van der Waals surface area (Å²) in [6.07, 6.45) is 0. The van der Waals surface area contributed by atoms with Crippen LogP contribution in [0.25, 0.3) is 0 Å². The molecule has 0 aliphatic carbocycles. The highest BCUT2D eigenvalue weighted by molar-refractivity contribution is 5.90. The van der Waals surface area contributed by atoms with Gasteiger partial charge in [-0.15, -0.1) is 0 Å². The molecule has 0 saturated carbocycles. The summed E-state index contributed by atoms with van der Waals surface area (Å²) in [5.41, 5.74) is 1.64. The molecule has 100 valence electrons. The Morgan fingerprint density at radius 1 is 1.15 bits per heavy atom. The summed E-state index contributed by atoms with van der Waals surface area (Å²) < 4.78 is 10.3. The third kappa shape index (κ3) is 2.96. The molecule has 0 amide bonds. The molecule has 4 nitrogen and oxygen atoms in total. The molecular weight excluding hydrogens is 254 g/mol. The van der Waals surface area contributed by atoms with E-state index < -0.39 is 5.97 Å². The fraction of sp³-hybridized carbons (Fsp3) is 0.125. The van der Waals surface area contributed by atoms with Gasteiger partial charge < -0.3 is 9.47 Å². The van der Waals surface area contributed by atoms with E-state index in [0.29, 0.717) is 22.4 Å². The van der Waals surface area contributed by atoms with Crippen LogP contribution < -0.4 is 4.74 Å². The molecule has 0 saturated heterocycles. The molecule has 20 heavy (non-hydrogen) atoms. The third-order valence-electron chi connectivity index (χ3n) is 2.81. The number of hydrogen-bond acceptors (Lipinski definition) is 4. The Morgan fingerprint density at radius 2 is 1.85 bits per heavy atom. The van der Waals surface area contributed by atoms with Gasteiger partial charge in [0, 0.05) is 5.56 Å². The monoisotopic (exact) mass is 267 g/mol. The van der Waals surface area contributed by atoms with Crippen molar-refractivity contribution in [2.75, 3.05) is 7.11 Å². The number of carbonyl (C=O) groups excluding carboxylic acids is 1. The molecule has 0 fully saturated rings. The van der Waals surface area contributed by atoms with Gasteiger partial charge in [-0.05, 0) is 18.2 Å². The van der Waals surface area contributed by atoms with E-state index >= 15 is 0 Å². The summed E-state index contributed by atoms with van der Waals surface area (Å²) in [6.45, 7) is 0.198. The third-order valence-corrected chi connectivity index (χ3v) is 2.81. The summed E-state index contributed by atoms with van der Waals surface area (Å²) >= 11 is 0. The summed E-state index contributed by atoms with van der Waals surface area (Å²) in [7, 11) is 1.34. The lowest BCUT2D eigenvalue weighted by Gasteiger charge is -2.10. The van der Waals surface area contributed by atoms with Crippen molar-refractivity contribution in [1.82, 2.24) is 0 Å². The molecule has 0 bridgehead atoms. The van der Waals surface area contributed by atoms with Crippen molar-refractivity contribution in [1.29, 1.82) is 5.26 Å². The summed E-state index contributed by atoms with van der Waals surface area (Å²) in [6, 6.07) is 16.1. The number of nitriles is 1. The molecule has 4 heteroatoms. The zero-order valence-electron chi connectivity index (χ0n) is 11.0. The zero-order chi connectivity index (χ0) is 14.4. The van der Waals surface area contributed by atoms with E-state index in [-0.39, 0.29) is 6.61 Å². The van der Waals surface area contributed by atoms with Gasteiger partial charge in [-0.2, -0.15) is 5.26 Å². The lowest BCUT2D eigenvalue weighted by atomic mass is 10.1. The molecule has 0 atom stereocenters. The molecule has 0 radical (unpaired) electrons. The number of esters is 1. The van der Waals surface area contributed by atoms with Crippen LogP contribution in [0.1, 0.15) is 21.5 Å². The van der Waals surface area contributed by atoms with Crippen LogP contribution in [0.4, 0.5) is 0 Å². The largest absolute Gasteiger partial charge is 0.487 e. The van der Waals surface area contributed by atoms with E-state index in [2.05, 4.69) is 6.07 Å². The quantitative estimate of drug-likeness (QED) is 0.799. The van der Waals surface area contributed by atoms with Crippen LogP contribution in [-0.2, 0) is 11.3 Å². The first-order chi connectivity index (χ1) is 9.76. The van der Waals surface area contributed by atoms with Crippen molar-refractivity contribution in [3.8, 4) is 11.8 Å². The van der Waals surface area contributed by atoms with Crippen LogP contribution >= 0.6 is 0 Å². The SMILES string of the molecule is COC(=O)c1ccccc1COc1ccccc1C#N. The van der Waals surface area contributed by atoms with Crippen molar-refractivity contribution in [2.45, 2.75) is 6.61 Å². The lowest BCUT2D eigenvalue weighted by molar-refractivity contribution is 0.0597. The molecule has 0 aromatic heterocycles. The topological polar surface area (TPSA) is 59.3 Å². The van der Waals surface area contributed by atoms with E-state index in [9.17, 15) is 4.79 Å².